The van der Waals surface area contributed by atoms with Gasteiger partial charge in [0, 0.05) is 12.6 Å². The second-order valence-corrected chi connectivity index (χ2v) is 3.08. The Bertz CT molecular complexity index is 123. The summed E-state index contributed by atoms with van der Waals surface area (Å²) in [6.45, 7) is 12.6. The van der Waals surface area contributed by atoms with Gasteiger partial charge < -0.3 is 10.1 Å². The Morgan fingerprint density at radius 3 is 2.58 bits per heavy atom. The Balaban J connectivity index is 3.61. The normalized spacial score (nSPS) is 12.9. The lowest BCUT2D eigenvalue weighted by molar-refractivity contribution is 0.123. The molecule has 0 heterocycles. The number of nitrogens with one attached hydrogen (secondary N) is 1. The molecule has 0 saturated heterocycles. The molecule has 0 aliphatic rings. The average Bonchev–Trinajstić information content (AvgIpc) is 2.00. The number of rotatable bonds is 7. The number of hydrogen-bond acceptors (Lipinski definition) is 2. The third-order valence-corrected chi connectivity index (χ3v) is 1.61. The molecule has 0 aromatic heterocycles. The lowest BCUT2D eigenvalue weighted by Gasteiger charge is -2.17. The first-order valence-corrected chi connectivity index (χ1v) is 4.66. The summed E-state index contributed by atoms with van der Waals surface area (Å²) in [5.41, 5.74) is 1.21. The first-order chi connectivity index (χ1) is 5.70. The van der Waals surface area contributed by atoms with E-state index >= 15 is 0 Å². The van der Waals surface area contributed by atoms with Crippen LogP contribution in [0.2, 0.25) is 0 Å². The van der Waals surface area contributed by atoms with Crippen LogP contribution in [0.5, 0.6) is 0 Å². The molecule has 0 aromatic carbocycles. The van der Waals surface area contributed by atoms with E-state index in [2.05, 4.69) is 25.7 Å². The molecule has 1 N–H and O–H groups in total. The zero-order valence-electron chi connectivity index (χ0n) is 8.52. The lowest BCUT2D eigenvalue weighted by atomic mass is 10.1. The standard InChI is InChI=1S/C10H21NO/c1-5-11-10(7-9(3)4)8-12-6-2/h10-11H,3,5-8H2,1-2,4H3. The van der Waals surface area contributed by atoms with E-state index < -0.39 is 0 Å². The van der Waals surface area contributed by atoms with Crippen LogP contribution in [0, 0.1) is 0 Å². The largest absolute Gasteiger partial charge is 0.380 e. The van der Waals surface area contributed by atoms with Crippen LogP contribution in [0.25, 0.3) is 0 Å². The predicted octanol–water partition coefficient (Wildman–Crippen LogP) is 1.97. The van der Waals surface area contributed by atoms with Gasteiger partial charge >= 0.3 is 0 Å². The Hall–Kier alpha value is -0.340. The zero-order chi connectivity index (χ0) is 9.40. The first-order valence-electron chi connectivity index (χ1n) is 4.66. The predicted molar refractivity (Wildman–Crippen MR) is 53.4 cm³/mol. The van der Waals surface area contributed by atoms with Gasteiger partial charge in [-0.25, -0.2) is 0 Å². The Morgan fingerprint density at radius 1 is 1.50 bits per heavy atom. The summed E-state index contributed by atoms with van der Waals surface area (Å²) in [5, 5.41) is 3.36. The molecule has 0 aliphatic heterocycles. The van der Waals surface area contributed by atoms with Gasteiger partial charge in [-0.1, -0.05) is 12.5 Å². The quantitative estimate of drug-likeness (QED) is 0.591. The highest BCUT2D eigenvalue weighted by atomic mass is 16.5. The molecule has 0 radical (unpaired) electrons. The van der Waals surface area contributed by atoms with E-state index in [1.165, 1.54) is 5.57 Å². The van der Waals surface area contributed by atoms with Crippen molar-refractivity contribution >= 4 is 0 Å². The summed E-state index contributed by atoms with van der Waals surface area (Å²) >= 11 is 0. The van der Waals surface area contributed by atoms with Crippen molar-refractivity contribution in [3.8, 4) is 0 Å². The molecule has 1 unspecified atom stereocenters. The Kier molecular flexibility index (Phi) is 7.11. The van der Waals surface area contributed by atoms with E-state index in [-0.39, 0.29) is 0 Å². The van der Waals surface area contributed by atoms with Crippen LogP contribution in [0.15, 0.2) is 12.2 Å². The molecular weight excluding hydrogens is 150 g/mol. The summed E-state index contributed by atoms with van der Waals surface area (Å²) < 4.78 is 5.35. The maximum atomic E-state index is 5.35. The van der Waals surface area contributed by atoms with E-state index in [0.29, 0.717) is 6.04 Å². The van der Waals surface area contributed by atoms with Crippen molar-refractivity contribution in [2.75, 3.05) is 19.8 Å². The second-order valence-electron chi connectivity index (χ2n) is 3.08. The molecule has 1 atom stereocenters. The van der Waals surface area contributed by atoms with Gasteiger partial charge in [-0.05, 0) is 26.8 Å². The van der Waals surface area contributed by atoms with Crippen molar-refractivity contribution in [1.29, 1.82) is 0 Å². The minimum absolute atomic E-state index is 0.437. The Morgan fingerprint density at radius 2 is 2.17 bits per heavy atom. The van der Waals surface area contributed by atoms with Crippen LogP contribution in [0.1, 0.15) is 27.2 Å². The molecule has 0 aliphatic carbocycles. The first kappa shape index (κ1) is 11.7. The van der Waals surface area contributed by atoms with E-state index in [4.69, 9.17) is 4.74 Å². The van der Waals surface area contributed by atoms with Crippen molar-refractivity contribution < 1.29 is 4.74 Å². The highest BCUT2D eigenvalue weighted by Crippen LogP contribution is 2.02. The third kappa shape index (κ3) is 6.38. The topological polar surface area (TPSA) is 21.3 Å². The number of hydrogen-bond donors (Lipinski definition) is 1. The molecule has 0 amide bonds. The van der Waals surface area contributed by atoms with E-state index in [1.54, 1.807) is 0 Å². The lowest BCUT2D eigenvalue weighted by Crippen LogP contribution is -2.33. The SMILES string of the molecule is C=C(C)CC(COCC)NCC. The van der Waals surface area contributed by atoms with E-state index in [1.807, 2.05) is 6.92 Å². The summed E-state index contributed by atoms with van der Waals surface area (Å²) in [6.07, 6.45) is 1.01. The molecule has 12 heavy (non-hydrogen) atoms. The van der Waals surface area contributed by atoms with Gasteiger partial charge in [-0.2, -0.15) is 0 Å². The highest BCUT2D eigenvalue weighted by Gasteiger charge is 2.06. The molecule has 72 valence electrons. The van der Waals surface area contributed by atoms with Gasteiger partial charge in [0.25, 0.3) is 0 Å². The zero-order valence-corrected chi connectivity index (χ0v) is 8.52. The molecule has 0 bridgehead atoms. The summed E-state index contributed by atoms with van der Waals surface area (Å²) in [7, 11) is 0. The van der Waals surface area contributed by atoms with Crippen LogP contribution in [0.4, 0.5) is 0 Å². The van der Waals surface area contributed by atoms with Crippen LogP contribution in [-0.4, -0.2) is 25.8 Å². The number of likely N-dealkylation sites (N-methyl/N-ethyl adjacent to an activating group) is 1. The van der Waals surface area contributed by atoms with Crippen molar-refractivity contribution in [3.05, 3.63) is 12.2 Å². The van der Waals surface area contributed by atoms with Crippen LogP contribution in [-0.2, 0) is 4.74 Å². The summed E-state index contributed by atoms with van der Waals surface area (Å²) in [5.74, 6) is 0. The fourth-order valence-corrected chi connectivity index (χ4v) is 1.16. The molecule has 0 rings (SSSR count). The molecule has 0 fully saturated rings. The van der Waals surface area contributed by atoms with Gasteiger partial charge in [-0.15, -0.1) is 6.58 Å². The molecular formula is C10H21NO. The van der Waals surface area contributed by atoms with E-state index in [9.17, 15) is 0 Å². The average molecular weight is 171 g/mol. The molecule has 0 spiro atoms. The van der Waals surface area contributed by atoms with Crippen LogP contribution < -0.4 is 5.32 Å². The van der Waals surface area contributed by atoms with Crippen molar-refractivity contribution in [1.82, 2.24) is 5.32 Å². The molecule has 0 aromatic rings. The van der Waals surface area contributed by atoms with Crippen LogP contribution in [0.3, 0.4) is 0 Å². The monoisotopic (exact) mass is 171 g/mol. The van der Waals surface area contributed by atoms with Gasteiger partial charge in [0.2, 0.25) is 0 Å². The van der Waals surface area contributed by atoms with Gasteiger partial charge in [0.05, 0.1) is 6.61 Å². The molecule has 2 nitrogen and oxygen atoms in total. The van der Waals surface area contributed by atoms with Crippen molar-refractivity contribution in [3.63, 3.8) is 0 Å². The minimum atomic E-state index is 0.437. The van der Waals surface area contributed by atoms with Crippen LogP contribution >= 0.6 is 0 Å². The van der Waals surface area contributed by atoms with Crippen molar-refractivity contribution in [2.45, 2.75) is 33.2 Å². The molecule has 2 heteroatoms. The van der Waals surface area contributed by atoms with E-state index in [0.717, 1.165) is 26.2 Å². The smallest absolute Gasteiger partial charge is 0.0622 e. The van der Waals surface area contributed by atoms with Gasteiger partial charge in [0.1, 0.15) is 0 Å². The number of ether oxygens (including phenoxy) is 1. The fourth-order valence-electron chi connectivity index (χ4n) is 1.16. The minimum Gasteiger partial charge on any atom is -0.380 e. The molecule has 0 saturated carbocycles. The maximum Gasteiger partial charge on any atom is 0.0622 e. The highest BCUT2D eigenvalue weighted by molar-refractivity contribution is 4.92. The fraction of sp³-hybridized carbons (Fsp3) is 0.800. The second kappa shape index (κ2) is 7.32. The Labute approximate surface area is 76.0 Å². The third-order valence-electron chi connectivity index (χ3n) is 1.61. The van der Waals surface area contributed by atoms with Gasteiger partial charge in [0.15, 0.2) is 0 Å². The summed E-state index contributed by atoms with van der Waals surface area (Å²) in [4.78, 5) is 0. The summed E-state index contributed by atoms with van der Waals surface area (Å²) in [6, 6.07) is 0.437. The van der Waals surface area contributed by atoms with Gasteiger partial charge in [-0.3, -0.25) is 0 Å². The van der Waals surface area contributed by atoms with Crippen molar-refractivity contribution in [2.24, 2.45) is 0 Å². The maximum absolute atomic E-state index is 5.35.